The van der Waals surface area contributed by atoms with Crippen LogP contribution in [0.3, 0.4) is 0 Å². The SMILES string of the molecule is CC.CC(=O)Nc1sc2c(c1-c1nc3ccccc3s1)CN(C)C2. The lowest BCUT2D eigenvalue weighted by Gasteiger charge is -2.08. The summed E-state index contributed by atoms with van der Waals surface area (Å²) in [7, 11) is 2.12. The molecule has 0 bridgehead atoms. The molecule has 1 aromatic carbocycles. The smallest absolute Gasteiger partial charge is 0.221 e. The van der Waals surface area contributed by atoms with Crippen molar-refractivity contribution in [1.82, 2.24) is 9.88 Å². The normalized spacial score (nSPS) is 13.5. The maximum absolute atomic E-state index is 11.5. The van der Waals surface area contributed by atoms with E-state index in [1.807, 2.05) is 32.0 Å². The van der Waals surface area contributed by atoms with E-state index >= 15 is 0 Å². The lowest BCUT2D eigenvalue weighted by Crippen LogP contribution is -2.09. The van der Waals surface area contributed by atoms with Gasteiger partial charge in [-0.3, -0.25) is 9.69 Å². The van der Waals surface area contributed by atoms with Crippen LogP contribution in [0.25, 0.3) is 20.8 Å². The Morgan fingerprint density at radius 1 is 1.21 bits per heavy atom. The number of para-hydroxylation sites is 1. The molecule has 3 heterocycles. The number of hydrogen-bond acceptors (Lipinski definition) is 5. The zero-order chi connectivity index (χ0) is 17.3. The molecule has 0 radical (unpaired) electrons. The minimum Gasteiger partial charge on any atom is -0.317 e. The van der Waals surface area contributed by atoms with Gasteiger partial charge in [-0.2, -0.15) is 0 Å². The predicted octanol–water partition coefficient (Wildman–Crippen LogP) is 4.95. The fourth-order valence-corrected chi connectivity index (χ4v) is 5.28. The van der Waals surface area contributed by atoms with Crippen LogP contribution in [0.4, 0.5) is 5.00 Å². The summed E-state index contributed by atoms with van der Waals surface area (Å²) < 4.78 is 1.18. The standard InChI is InChI=1S/C16H15N3OS2.C2H6/c1-9(20)17-15-14(10-7-19(2)8-13(10)22-15)16-18-11-5-3-4-6-12(11)21-16;1-2/h3-6H,7-8H2,1-2H3,(H,17,20);1-2H3. The molecule has 24 heavy (non-hydrogen) atoms. The number of aromatic nitrogens is 1. The monoisotopic (exact) mass is 359 g/mol. The first-order valence-corrected chi connectivity index (χ1v) is 9.71. The fourth-order valence-electron chi connectivity index (χ4n) is 2.83. The summed E-state index contributed by atoms with van der Waals surface area (Å²) >= 11 is 3.37. The molecule has 1 amide bonds. The molecule has 0 unspecified atom stereocenters. The van der Waals surface area contributed by atoms with Crippen LogP contribution in [0, 0.1) is 0 Å². The molecule has 0 aliphatic carbocycles. The van der Waals surface area contributed by atoms with Crippen molar-refractivity contribution in [1.29, 1.82) is 0 Å². The molecule has 1 aliphatic rings. The Morgan fingerprint density at radius 2 is 1.96 bits per heavy atom. The van der Waals surface area contributed by atoms with Gasteiger partial charge in [-0.1, -0.05) is 26.0 Å². The molecular weight excluding hydrogens is 338 g/mol. The lowest BCUT2D eigenvalue weighted by atomic mass is 10.1. The molecule has 1 N–H and O–H groups in total. The largest absolute Gasteiger partial charge is 0.317 e. The highest BCUT2D eigenvalue weighted by atomic mass is 32.1. The number of anilines is 1. The zero-order valence-electron chi connectivity index (χ0n) is 14.3. The van der Waals surface area contributed by atoms with Crippen LogP contribution in [0.5, 0.6) is 0 Å². The summed E-state index contributed by atoms with van der Waals surface area (Å²) in [6.07, 6.45) is 0. The molecular formula is C18H21N3OS2. The fraction of sp³-hybridized carbons (Fsp3) is 0.333. The van der Waals surface area contributed by atoms with Gasteiger partial charge in [0.05, 0.1) is 15.8 Å². The van der Waals surface area contributed by atoms with Crippen LogP contribution in [-0.4, -0.2) is 22.8 Å². The van der Waals surface area contributed by atoms with Gasteiger partial charge in [0.2, 0.25) is 5.91 Å². The van der Waals surface area contributed by atoms with Crippen molar-refractivity contribution in [3.63, 3.8) is 0 Å². The minimum atomic E-state index is -0.0318. The molecule has 1 aliphatic heterocycles. The van der Waals surface area contributed by atoms with Gasteiger partial charge in [0.25, 0.3) is 0 Å². The number of amides is 1. The molecule has 4 rings (SSSR count). The van der Waals surface area contributed by atoms with Crippen LogP contribution >= 0.6 is 22.7 Å². The third-order valence-electron chi connectivity index (χ3n) is 3.73. The molecule has 0 spiro atoms. The summed E-state index contributed by atoms with van der Waals surface area (Å²) in [4.78, 5) is 19.9. The van der Waals surface area contributed by atoms with E-state index in [4.69, 9.17) is 4.98 Å². The van der Waals surface area contributed by atoms with Crippen molar-refractivity contribution in [3.8, 4) is 10.6 Å². The number of rotatable bonds is 2. The zero-order valence-corrected chi connectivity index (χ0v) is 16.0. The number of carbonyl (C=O) groups excluding carboxylic acids is 1. The molecule has 0 saturated carbocycles. The van der Waals surface area contributed by atoms with Crippen LogP contribution in [0.2, 0.25) is 0 Å². The summed E-state index contributed by atoms with van der Waals surface area (Å²) in [5.74, 6) is -0.0318. The van der Waals surface area contributed by atoms with Gasteiger partial charge in [-0.05, 0) is 24.7 Å². The van der Waals surface area contributed by atoms with Gasteiger partial charge >= 0.3 is 0 Å². The highest BCUT2D eigenvalue weighted by Gasteiger charge is 2.28. The van der Waals surface area contributed by atoms with Crippen molar-refractivity contribution in [2.45, 2.75) is 33.9 Å². The topological polar surface area (TPSA) is 45.2 Å². The molecule has 0 fully saturated rings. The van der Waals surface area contributed by atoms with Gasteiger partial charge < -0.3 is 5.32 Å². The number of nitrogens with zero attached hydrogens (tertiary/aromatic N) is 2. The Morgan fingerprint density at radius 3 is 2.67 bits per heavy atom. The van der Waals surface area contributed by atoms with Crippen LogP contribution in [-0.2, 0) is 17.9 Å². The molecule has 3 aromatic rings. The maximum Gasteiger partial charge on any atom is 0.221 e. The van der Waals surface area contributed by atoms with Crippen molar-refractivity contribution in [2.24, 2.45) is 0 Å². The molecule has 6 heteroatoms. The lowest BCUT2D eigenvalue weighted by molar-refractivity contribution is -0.114. The Kier molecular flexibility index (Phi) is 4.99. The number of carbonyl (C=O) groups is 1. The van der Waals surface area contributed by atoms with Crippen LogP contribution in [0.15, 0.2) is 24.3 Å². The second-order valence-electron chi connectivity index (χ2n) is 5.55. The highest BCUT2D eigenvalue weighted by Crippen LogP contribution is 2.46. The van der Waals surface area contributed by atoms with Crippen molar-refractivity contribution in [3.05, 3.63) is 34.7 Å². The Hall–Kier alpha value is -1.76. The van der Waals surface area contributed by atoms with E-state index in [0.717, 1.165) is 34.2 Å². The number of thiophene rings is 1. The van der Waals surface area contributed by atoms with Gasteiger partial charge in [0.15, 0.2) is 0 Å². The van der Waals surface area contributed by atoms with Crippen molar-refractivity contribution < 1.29 is 4.79 Å². The van der Waals surface area contributed by atoms with E-state index in [1.165, 1.54) is 15.1 Å². The predicted molar refractivity (Wildman–Crippen MR) is 104 cm³/mol. The molecule has 2 aromatic heterocycles. The minimum absolute atomic E-state index is 0.0318. The van der Waals surface area contributed by atoms with Crippen LogP contribution in [0.1, 0.15) is 31.2 Å². The number of hydrogen-bond donors (Lipinski definition) is 1. The van der Waals surface area contributed by atoms with E-state index in [0.29, 0.717) is 0 Å². The second-order valence-corrected chi connectivity index (χ2v) is 7.68. The molecule has 0 saturated heterocycles. The van der Waals surface area contributed by atoms with E-state index in [-0.39, 0.29) is 5.91 Å². The van der Waals surface area contributed by atoms with Crippen molar-refractivity contribution >= 4 is 43.8 Å². The summed E-state index contributed by atoms with van der Waals surface area (Å²) in [5.41, 5.74) is 3.44. The number of nitrogens with one attached hydrogen (secondary N) is 1. The average molecular weight is 360 g/mol. The maximum atomic E-state index is 11.5. The van der Waals surface area contributed by atoms with Gasteiger partial charge in [-0.25, -0.2) is 4.98 Å². The summed E-state index contributed by atoms with van der Waals surface area (Å²) in [5, 5.41) is 4.92. The second kappa shape index (κ2) is 7.01. The third-order valence-corrected chi connectivity index (χ3v) is 5.92. The first-order chi connectivity index (χ1) is 11.6. The highest BCUT2D eigenvalue weighted by molar-refractivity contribution is 7.22. The molecule has 4 nitrogen and oxygen atoms in total. The Balaban J connectivity index is 0.000000815. The van der Waals surface area contributed by atoms with E-state index in [2.05, 4.69) is 23.3 Å². The van der Waals surface area contributed by atoms with Gasteiger partial charge in [0.1, 0.15) is 10.0 Å². The number of fused-ring (bicyclic) bond motifs is 2. The molecule has 0 atom stereocenters. The van der Waals surface area contributed by atoms with Crippen LogP contribution < -0.4 is 5.32 Å². The third kappa shape index (κ3) is 3.09. The summed E-state index contributed by atoms with van der Waals surface area (Å²) in [6, 6.07) is 8.16. The average Bonchev–Trinajstić information content (AvgIpc) is 3.19. The Bertz CT molecular complexity index is 849. The number of benzene rings is 1. The van der Waals surface area contributed by atoms with Gasteiger partial charge in [0, 0.05) is 24.9 Å². The summed E-state index contributed by atoms with van der Waals surface area (Å²) in [6.45, 7) is 7.41. The Labute approximate surface area is 150 Å². The van der Waals surface area contributed by atoms with E-state index in [1.54, 1.807) is 29.6 Å². The van der Waals surface area contributed by atoms with E-state index < -0.39 is 0 Å². The molecule has 126 valence electrons. The first-order valence-electron chi connectivity index (χ1n) is 8.08. The van der Waals surface area contributed by atoms with E-state index in [9.17, 15) is 4.79 Å². The quantitative estimate of drug-likeness (QED) is 0.704. The first kappa shape index (κ1) is 17.1. The van der Waals surface area contributed by atoms with Crippen molar-refractivity contribution in [2.75, 3.05) is 12.4 Å². The van der Waals surface area contributed by atoms with Gasteiger partial charge in [-0.15, -0.1) is 22.7 Å². The number of thiazole rings is 1.